The smallest absolute Gasteiger partial charge is 0.337 e. The number of benzene rings is 2. The standard InChI is InChI=1S/C26H18N2O2/c1-3-4-5-6-11-21-20-15-14-19(26(29)30-2)18-24(20)28-17-10-9-16-27-23-13-8-7-12-22(23)25(21)28/h1,7-10,12-15,18,27H,16-17H2,2H3. The summed E-state index contributed by atoms with van der Waals surface area (Å²) in [5.74, 6) is 13.2. The van der Waals surface area contributed by atoms with Crippen LogP contribution in [-0.4, -0.2) is 24.2 Å². The van der Waals surface area contributed by atoms with Crippen LogP contribution in [-0.2, 0) is 11.3 Å². The summed E-state index contributed by atoms with van der Waals surface area (Å²) >= 11 is 0. The summed E-state index contributed by atoms with van der Waals surface area (Å²) in [6, 6.07) is 13.6. The van der Waals surface area contributed by atoms with Crippen molar-refractivity contribution in [3.63, 3.8) is 0 Å². The summed E-state index contributed by atoms with van der Waals surface area (Å²) in [7, 11) is 1.38. The Hall–Kier alpha value is -4.33. The van der Waals surface area contributed by atoms with Crippen LogP contribution in [0.1, 0.15) is 15.9 Å². The molecule has 0 unspecified atom stereocenters. The normalized spacial score (nSPS) is 11.6. The van der Waals surface area contributed by atoms with E-state index in [1.165, 1.54) is 7.11 Å². The number of esters is 1. The van der Waals surface area contributed by atoms with Crippen molar-refractivity contribution in [1.29, 1.82) is 0 Å². The summed E-state index contributed by atoms with van der Waals surface area (Å²) in [4.78, 5) is 12.1. The lowest BCUT2D eigenvalue weighted by molar-refractivity contribution is 0.0601. The van der Waals surface area contributed by atoms with Crippen molar-refractivity contribution in [1.82, 2.24) is 4.57 Å². The first kappa shape index (κ1) is 19.0. The van der Waals surface area contributed by atoms with E-state index in [1.807, 2.05) is 30.3 Å². The first-order valence-corrected chi connectivity index (χ1v) is 9.44. The van der Waals surface area contributed by atoms with Crippen LogP contribution in [0.15, 0.2) is 54.6 Å². The molecule has 0 aliphatic carbocycles. The van der Waals surface area contributed by atoms with Crippen LogP contribution < -0.4 is 5.32 Å². The van der Waals surface area contributed by atoms with Gasteiger partial charge in [-0.1, -0.05) is 36.4 Å². The molecular weight excluding hydrogens is 372 g/mol. The second-order valence-electron chi connectivity index (χ2n) is 6.60. The molecule has 0 spiro atoms. The SMILES string of the molecule is C#CC#CC#Cc1c2n(c3cc(C(=O)OC)ccc13)CC=CCNc1ccccc1-2. The highest BCUT2D eigenvalue weighted by molar-refractivity contribution is 6.01. The highest BCUT2D eigenvalue weighted by atomic mass is 16.5. The number of anilines is 1. The number of para-hydroxylation sites is 1. The molecule has 0 fully saturated rings. The van der Waals surface area contributed by atoms with Gasteiger partial charge in [0.2, 0.25) is 0 Å². The number of methoxy groups -OCH3 is 1. The Morgan fingerprint density at radius 2 is 2.00 bits per heavy atom. The van der Waals surface area contributed by atoms with Crippen molar-refractivity contribution in [2.45, 2.75) is 6.54 Å². The predicted molar refractivity (Wildman–Crippen MR) is 120 cm³/mol. The molecule has 4 rings (SSSR count). The zero-order valence-electron chi connectivity index (χ0n) is 16.5. The molecule has 144 valence electrons. The number of rotatable bonds is 1. The molecule has 0 amide bonds. The number of carbonyl (C=O) groups is 1. The van der Waals surface area contributed by atoms with E-state index in [-0.39, 0.29) is 5.97 Å². The number of aromatic nitrogens is 1. The Morgan fingerprint density at radius 1 is 1.13 bits per heavy atom. The maximum atomic E-state index is 12.1. The molecule has 1 aromatic heterocycles. The molecule has 30 heavy (non-hydrogen) atoms. The number of allylic oxidation sites excluding steroid dienone is 1. The Labute approximate surface area is 175 Å². The molecule has 1 aliphatic rings. The minimum absolute atomic E-state index is 0.374. The van der Waals surface area contributed by atoms with Crippen molar-refractivity contribution >= 4 is 22.6 Å². The van der Waals surface area contributed by atoms with Crippen LogP contribution in [0.4, 0.5) is 5.69 Å². The molecule has 0 radical (unpaired) electrons. The van der Waals surface area contributed by atoms with Gasteiger partial charge in [-0.25, -0.2) is 4.79 Å². The number of hydrogen-bond acceptors (Lipinski definition) is 3. The molecular formula is C26H18N2O2. The molecule has 3 aromatic rings. The fraction of sp³-hybridized carbons (Fsp3) is 0.115. The summed E-state index contributed by atoms with van der Waals surface area (Å²) in [6.45, 7) is 1.37. The molecule has 2 aromatic carbocycles. The van der Waals surface area contributed by atoms with Crippen LogP contribution in [0, 0.1) is 36.0 Å². The number of ether oxygens (including phenoxy) is 1. The number of carbonyl (C=O) groups excluding carboxylic acids is 1. The third-order valence-electron chi connectivity index (χ3n) is 4.92. The van der Waals surface area contributed by atoms with Gasteiger partial charge >= 0.3 is 5.97 Å². The molecule has 0 bridgehead atoms. The lowest BCUT2D eigenvalue weighted by Crippen LogP contribution is -2.03. The van der Waals surface area contributed by atoms with Gasteiger partial charge in [-0.3, -0.25) is 0 Å². The van der Waals surface area contributed by atoms with E-state index in [4.69, 9.17) is 11.2 Å². The van der Waals surface area contributed by atoms with Gasteiger partial charge in [-0.15, -0.1) is 6.42 Å². The van der Waals surface area contributed by atoms with Gasteiger partial charge < -0.3 is 14.6 Å². The Kier molecular flexibility index (Phi) is 5.29. The molecule has 4 heteroatoms. The van der Waals surface area contributed by atoms with Crippen molar-refractivity contribution in [3.05, 3.63) is 65.7 Å². The fourth-order valence-electron chi connectivity index (χ4n) is 3.63. The molecule has 0 saturated heterocycles. The zero-order chi connectivity index (χ0) is 20.9. The molecule has 0 saturated carbocycles. The van der Waals surface area contributed by atoms with Crippen molar-refractivity contribution in [3.8, 4) is 47.3 Å². The number of nitrogens with zero attached hydrogens (tertiary/aromatic N) is 1. The summed E-state index contributed by atoms with van der Waals surface area (Å²) in [5, 5.41) is 4.40. The molecule has 0 atom stereocenters. The molecule has 1 N–H and O–H groups in total. The van der Waals surface area contributed by atoms with Crippen molar-refractivity contribution in [2.75, 3.05) is 19.0 Å². The van der Waals surface area contributed by atoms with E-state index in [9.17, 15) is 4.79 Å². The van der Waals surface area contributed by atoms with Gasteiger partial charge in [0.15, 0.2) is 0 Å². The second-order valence-corrected chi connectivity index (χ2v) is 6.60. The van der Waals surface area contributed by atoms with Gasteiger partial charge in [0.1, 0.15) is 0 Å². The predicted octanol–water partition coefficient (Wildman–Crippen LogP) is 4.06. The quantitative estimate of drug-likeness (QED) is 0.387. The summed E-state index contributed by atoms with van der Waals surface area (Å²) < 4.78 is 7.08. The van der Waals surface area contributed by atoms with Gasteiger partial charge in [0.05, 0.1) is 29.4 Å². The first-order chi connectivity index (χ1) is 14.7. The molecule has 1 aliphatic heterocycles. The van der Waals surface area contributed by atoms with E-state index >= 15 is 0 Å². The Morgan fingerprint density at radius 3 is 2.83 bits per heavy atom. The van der Waals surface area contributed by atoms with E-state index in [1.54, 1.807) is 6.07 Å². The Balaban J connectivity index is 2.09. The van der Waals surface area contributed by atoms with Crippen LogP contribution in [0.2, 0.25) is 0 Å². The highest BCUT2D eigenvalue weighted by Gasteiger charge is 2.21. The average molecular weight is 390 g/mol. The van der Waals surface area contributed by atoms with Gasteiger partial charge in [0, 0.05) is 29.7 Å². The third-order valence-corrected chi connectivity index (χ3v) is 4.92. The topological polar surface area (TPSA) is 43.3 Å². The van der Waals surface area contributed by atoms with Crippen molar-refractivity contribution < 1.29 is 9.53 Å². The number of terminal acetylenes is 1. The summed E-state index contributed by atoms with van der Waals surface area (Å²) in [5.41, 5.74) is 5.26. The monoisotopic (exact) mass is 390 g/mol. The second kappa shape index (κ2) is 8.36. The Bertz CT molecular complexity index is 1350. The van der Waals surface area contributed by atoms with E-state index in [0.29, 0.717) is 12.1 Å². The maximum absolute atomic E-state index is 12.1. The van der Waals surface area contributed by atoms with Gasteiger partial charge in [-0.2, -0.15) is 0 Å². The van der Waals surface area contributed by atoms with Gasteiger partial charge in [0.25, 0.3) is 0 Å². The summed E-state index contributed by atoms with van der Waals surface area (Å²) in [6.07, 6.45) is 9.40. The average Bonchev–Trinajstić information content (AvgIpc) is 3.12. The molecule has 4 nitrogen and oxygen atoms in total. The zero-order valence-corrected chi connectivity index (χ0v) is 16.5. The van der Waals surface area contributed by atoms with E-state index in [0.717, 1.165) is 40.0 Å². The minimum Gasteiger partial charge on any atom is -0.465 e. The van der Waals surface area contributed by atoms with Crippen LogP contribution >= 0.6 is 0 Å². The lowest BCUT2D eigenvalue weighted by atomic mass is 10.0. The van der Waals surface area contributed by atoms with Crippen LogP contribution in [0.25, 0.3) is 22.2 Å². The minimum atomic E-state index is -0.374. The number of nitrogens with one attached hydrogen (secondary N) is 1. The van der Waals surface area contributed by atoms with Crippen LogP contribution in [0.5, 0.6) is 0 Å². The fourth-order valence-corrected chi connectivity index (χ4v) is 3.63. The van der Waals surface area contributed by atoms with E-state index in [2.05, 4.69) is 57.7 Å². The molecule has 2 heterocycles. The lowest BCUT2D eigenvalue weighted by Gasteiger charge is -2.13. The van der Waals surface area contributed by atoms with Crippen LogP contribution in [0.3, 0.4) is 0 Å². The third kappa shape index (κ3) is 3.42. The largest absolute Gasteiger partial charge is 0.465 e. The number of fused-ring (bicyclic) bond motifs is 5. The number of hydrogen-bond donors (Lipinski definition) is 1. The van der Waals surface area contributed by atoms with Crippen molar-refractivity contribution in [2.24, 2.45) is 0 Å². The van der Waals surface area contributed by atoms with Gasteiger partial charge in [-0.05, 0) is 47.8 Å². The first-order valence-electron chi connectivity index (χ1n) is 9.44. The maximum Gasteiger partial charge on any atom is 0.337 e. The highest BCUT2D eigenvalue weighted by Crippen LogP contribution is 2.38. The van der Waals surface area contributed by atoms with E-state index < -0.39 is 0 Å².